The third kappa shape index (κ3) is 6.04. The topological polar surface area (TPSA) is 75.4 Å². The highest BCUT2D eigenvalue weighted by molar-refractivity contribution is 5.75. The van der Waals surface area contributed by atoms with Crippen molar-refractivity contribution in [2.24, 2.45) is 5.73 Å². The lowest BCUT2D eigenvalue weighted by molar-refractivity contribution is -0.121. The summed E-state index contributed by atoms with van der Waals surface area (Å²) in [7, 11) is 0. The third-order valence-corrected chi connectivity index (χ3v) is 2.46. The molecule has 17 heavy (non-hydrogen) atoms. The van der Waals surface area contributed by atoms with Crippen LogP contribution in [0.5, 0.6) is 0 Å². The summed E-state index contributed by atoms with van der Waals surface area (Å²) >= 11 is 0. The van der Waals surface area contributed by atoms with Gasteiger partial charge in [0.05, 0.1) is 6.10 Å². The van der Waals surface area contributed by atoms with E-state index in [-0.39, 0.29) is 12.5 Å². The Balaban J connectivity index is 2.21. The highest BCUT2D eigenvalue weighted by Crippen LogP contribution is 2.02. The van der Waals surface area contributed by atoms with Gasteiger partial charge in [-0.15, -0.1) is 0 Å². The van der Waals surface area contributed by atoms with Crippen LogP contribution in [0.15, 0.2) is 30.3 Å². The van der Waals surface area contributed by atoms with Crippen LogP contribution in [0.2, 0.25) is 0 Å². The summed E-state index contributed by atoms with van der Waals surface area (Å²) in [5, 5.41) is 12.4. The Hall–Kier alpha value is -1.39. The van der Waals surface area contributed by atoms with Gasteiger partial charge in [-0.3, -0.25) is 4.79 Å². The minimum Gasteiger partial charge on any atom is -0.391 e. The molecule has 1 amide bonds. The first-order chi connectivity index (χ1) is 8.22. The Labute approximate surface area is 102 Å². The molecule has 0 radical (unpaired) electrons. The van der Waals surface area contributed by atoms with Crippen molar-refractivity contribution in [3.8, 4) is 0 Å². The number of hydrogen-bond acceptors (Lipinski definition) is 3. The smallest absolute Gasteiger partial charge is 0.220 e. The molecule has 0 saturated carbocycles. The molecular weight excluding hydrogens is 216 g/mol. The molecule has 0 heterocycles. The van der Waals surface area contributed by atoms with E-state index in [1.807, 2.05) is 30.3 Å². The Morgan fingerprint density at radius 2 is 2.06 bits per heavy atom. The molecule has 4 nitrogen and oxygen atoms in total. The van der Waals surface area contributed by atoms with Gasteiger partial charge >= 0.3 is 0 Å². The molecule has 1 aromatic rings. The monoisotopic (exact) mass is 236 g/mol. The molecule has 0 bridgehead atoms. The molecule has 4 N–H and O–H groups in total. The van der Waals surface area contributed by atoms with E-state index in [9.17, 15) is 9.90 Å². The minimum absolute atomic E-state index is 0.0532. The van der Waals surface area contributed by atoms with Gasteiger partial charge in [-0.2, -0.15) is 0 Å². The third-order valence-electron chi connectivity index (χ3n) is 2.46. The summed E-state index contributed by atoms with van der Waals surface area (Å²) in [5.41, 5.74) is 6.37. The zero-order valence-electron chi connectivity index (χ0n) is 9.93. The molecule has 0 aromatic heterocycles. The first-order valence-electron chi connectivity index (χ1n) is 5.91. The predicted molar refractivity (Wildman–Crippen MR) is 67.5 cm³/mol. The summed E-state index contributed by atoms with van der Waals surface area (Å²) in [4.78, 5) is 11.3. The Kier molecular flexibility index (Phi) is 6.29. The summed E-state index contributed by atoms with van der Waals surface area (Å²) in [6.07, 6.45) is 1.12. The van der Waals surface area contributed by atoms with Gasteiger partial charge in [0.25, 0.3) is 0 Å². The summed E-state index contributed by atoms with van der Waals surface area (Å²) in [6, 6.07) is 9.72. The number of nitrogens with one attached hydrogen (secondary N) is 1. The Bertz CT molecular complexity index is 327. The number of rotatable bonds is 7. The zero-order valence-corrected chi connectivity index (χ0v) is 9.93. The molecule has 1 unspecified atom stereocenters. The number of benzene rings is 1. The van der Waals surface area contributed by atoms with Crippen molar-refractivity contribution in [2.45, 2.75) is 25.4 Å². The molecule has 4 heteroatoms. The average Bonchev–Trinajstić information content (AvgIpc) is 2.35. The van der Waals surface area contributed by atoms with Crippen LogP contribution in [0.4, 0.5) is 0 Å². The maximum absolute atomic E-state index is 11.3. The summed E-state index contributed by atoms with van der Waals surface area (Å²) < 4.78 is 0. The van der Waals surface area contributed by atoms with Crippen molar-refractivity contribution in [1.82, 2.24) is 5.32 Å². The lowest BCUT2D eigenvalue weighted by Crippen LogP contribution is -2.33. The van der Waals surface area contributed by atoms with Crippen LogP contribution in [0, 0.1) is 0 Å². The number of aliphatic hydroxyl groups is 1. The van der Waals surface area contributed by atoms with Gasteiger partial charge in [-0.05, 0) is 18.5 Å². The van der Waals surface area contributed by atoms with Crippen LogP contribution in [0.3, 0.4) is 0 Å². The summed E-state index contributed by atoms with van der Waals surface area (Å²) in [6.45, 7) is 0.804. The average molecular weight is 236 g/mol. The van der Waals surface area contributed by atoms with Gasteiger partial charge in [0, 0.05) is 19.4 Å². The molecule has 0 spiro atoms. The number of hydrogen-bond donors (Lipinski definition) is 3. The maximum atomic E-state index is 11.3. The number of nitrogens with two attached hydrogens (primary N) is 1. The normalized spacial score (nSPS) is 12.1. The second kappa shape index (κ2) is 7.81. The number of carbonyl (C=O) groups is 1. The molecule has 0 aliphatic carbocycles. The zero-order chi connectivity index (χ0) is 12.5. The Morgan fingerprint density at radius 3 is 2.71 bits per heavy atom. The van der Waals surface area contributed by atoms with Crippen LogP contribution in [0.1, 0.15) is 18.4 Å². The van der Waals surface area contributed by atoms with Gasteiger partial charge in [0.1, 0.15) is 0 Å². The molecule has 0 aliphatic heterocycles. The molecule has 1 aromatic carbocycles. The van der Waals surface area contributed by atoms with E-state index in [0.29, 0.717) is 25.8 Å². The highest BCUT2D eigenvalue weighted by atomic mass is 16.3. The van der Waals surface area contributed by atoms with Crippen LogP contribution < -0.4 is 11.1 Å². The van der Waals surface area contributed by atoms with E-state index in [1.165, 1.54) is 0 Å². The van der Waals surface area contributed by atoms with Gasteiger partial charge in [-0.25, -0.2) is 0 Å². The fourth-order valence-corrected chi connectivity index (χ4v) is 1.54. The van der Waals surface area contributed by atoms with Crippen LogP contribution in [-0.4, -0.2) is 30.2 Å². The second-order valence-corrected chi connectivity index (χ2v) is 4.04. The lowest BCUT2D eigenvalue weighted by Gasteiger charge is -2.11. The maximum Gasteiger partial charge on any atom is 0.220 e. The van der Waals surface area contributed by atoms with Crippen molar-refractivity contribution in [3.63, 3.8) is 0 Å². The molecule has 0 fully saturated rings. The first-order valence-corrected chi connectivity index (χ1v) is 5.91. The van der Waals surface area contributed by atoms with Crippen molar-refractivity contribution in [2.75, 3.05) is 13.1 Å². The highest BCUT2D eigenvalue weighted by Gasteiger charge is 2.07. The second-order valence-electron chi connectivity index (χ2n) is 4.04. The minimum atomic E-state index is -0.542. The molecule has 1 rings (SSSR count). The molecular formula is C13H20N2O2. The quantitative estimate of drug-likeness (QED) is 0.643. The van der Waals surface area contributed by atoms with E-state index in [2.05, 4.69) is 5.32 Å². The predicted octanol–water partition coefficient (Wildman–Crippen LogP) is 0.445. The fourth-order valence-electron chi connectivity index (χ4n) is 1.54. The van der Waals surface area contributed by atoms with Crippen LogP contribution >= 0.6 is 0 Å². The van der Waals surface area contributed by atoms with Crippen molar-refractivity contribution in [3.05, 3.63) is 35.9 Å². The van der Waals surface area contributed by atoms with Crippen LogP contribution in [0.25, 0.3) is 0 Å². The van der Waals surface area contributed by atoms with E-state index < -0.39 is 6.10 Å². The van der Waals surface area contributed by atoms with Crippen molar-refractivity contribution >= 4 is 5.91 Å². The van der Waals surface area contributed by atoms with Crippen molar-refractivity contribution < 1.29 is 9.90 Å². The molecule has 1 atom stereocenters. The van der Waals surface area contributed by atoms with Gasteiger partial charge in [0.2, 0.25) is 5.91 Å². The largest absolute Gasteiger partial charge is 0.391 e. The van der Waals surface area contributed by atoms with Gasteiger partial charge < -0.3 is 16.2 Å². The molecule has 0 aliphatic rings. The van der Waals surface area contributed by atoms with E-state index >= 15 is 0 Å². The molecule has 0 saturated heterocycles. The number of carbonyl (C=O) groups excluding carboxylic acids is 1. The standard InChI is InChI=1S/C13H20N2O2/c14-8-4-7-13(17)15-10-12(16)9-11-5-2-1-3-6-11/h1-3,5-6,12,16H,4,7-10,14H2,(H,15,17). The van der Waals surface area contributed by atoms with Gasteiger partial charge in [0.15, 0.2) is 0 Å². The fraction of sp³-hybridized carbons (Fsp3) is 0.462. The first kappa shape index (κ1) is 13.7. The summed E-state index contributed by atoms with van der Waals surface area (Å²) in [5.74, 6) is -0.0532. The Morgan fingerprint density at radius 1 is 1.35 bits per heavy atom. The van der Waals surface area contributed by atoms with E-state index in [4.69, 9.17) is 5.73 Å². The van der Waals surface area contributed by atoms with Crippen LogP contribution in [-0.2, 0) is 11.2 Å². The van der Waals surface area contributed by atoms with E-state index in [0.717, 1.165) is 5.56 Å². The molecule has 94 valence electrons. The number of aliphatic hydroxyl groups excluding tert-OH is 1. The van der Waals surface area contributed by atoms with E-state index in [1.54, 1.807) is 0 Å². The lowest BCUT2D eigenvalue weighted by atomic mass is 10.1. The van der Waals surface area contributed by atoms with Gasteiger partial charge in [-0.1, -0.05) is 30.3 Å². The number of amides is 1. The SMILES string of the molecule is NCCCC(=O)NCC(O)Cc1ccccc1. The van der Waals surface area contributed by atoms with Crippen molar-refractivity contribution in [1.29, 1.82) is 0 Å².